The van der Waals surface area contributed by atoms with Crippen LogP contribution >= 0.6 is 0 Å². The number of esters is 1. The standard InChI is InChI=1S/C16H20N4O3/c1-9-17-12-6-4-5-11(14(12)18-9)15(21)19-10-7-13(16(22)23-3)20(2)8-10/h4-6,10,13H,7-8H2,1-3H3,(H,17,18)(H,19,21)/t10-,13-/m0/s1. The van der Waals surface area contributed by atoms with Crippen LogP contribution in [0.1, 0.15) is 22.6 Å². The number of hydrogen-bond donors (Lipinski definition) is 2. The topological polar surface area (TPSA) is 87.3 Å². The van der Waals surface area contributed by atoms with Crippen molar-refractivity contribution < 1.29 is 14.3 Å². The monoisotopic (exact) mass is 316 g/mol. The Balaban J connectivity index is 1.75. The van der Waals surface area contributed by atoms with Gasteiger partial charge >= 0.3 is 5.97 Å². The smallest absolute Gasteiger partial charge is 0.323 e. The highest BCUT2D eigenvalue weighted by Gasteiger charge is 2.36. The van der Waals surface area contributed by atoms with E-state index in [4.69, 9.17) is 4.74 Å². The highest BCUT2D eigenvalue weighted by Crippen LogP contribution is 2.20. The number of aromatic nitrogens is 2. The maximum Gasteiger partial charge on any atom is 0.323 e. The number of amides is 1. The number of methoxy groups -OCH3 is 1. The fraction of sp³-hybridized carbons (Fsp3) is 0.438. The number of aromatic amines is 1. The number of carbonyl (C=O) groups excluding carboxylic acids is 2. The summed E-state index contributed by atoms with van der Waals surface area (Å²) in [7, 11) is 3.23. The number of rotatable bonds is 3. The van der Waals surface area contributed by atoms with Gasteiger partial charge in [-0.15, -0.1) is 0 Å². The Morgan fingerprint density at radius 1 is 1.43 bits per heavy atom. The van der Waals surface area contributed by atoms with Crippen LogP contribution in [0, 0.1) is 6.92 Å². The maximum absolute atomic E-state index is 12.6. The fourth-order valence-corrected chi connectivity index (χ4v) is 3.12. The van der Waals surface area contributed by atoms with Crippen LogP contribution in [0.2, 0.25) is 0 Å². The third-order valence-electron chi connectivity index (χ3n) is 4.23. The fourth-order valence-electron chi connectivity index (χ4n) is 3.12. The van der Waals surface area contributed by atoms with Crippen molar-refractivity contribution in [2.24, 2.45) is 0 Å². The van der Waals surface area contributed by atoms with Crippen molar-refractivity contribution in [2.45, 2.75) is 25.4 Å². The lowest BCUT2D eigenvalue weighted by Crippen LogP contribution is -2.36. The third kappa shape index (κ3) is 2.92. The van der Waals surface area contributed by atoms with Crippen LogP contribution in [-0.4, -0.2) is 59.5 Å². The van der Waals surface area contributed by atoms with Crippen molar-refractivity contribution in [3.63, 3.8) is 0 Å². The van der Waals surface area contributed by atoms with E-state index in [0.717, 1.165) is 11.3 Å². The molecule has 1 aliphatic heterocycles. The number of aryl methyl sites for hydroxylation is 1. The molecule has 122 valence electrons. The van der Waals surface area contributed by atoms with Gasteiger partial charge in [-0.2, -0.15) is 0 Å². The number of H-pyrrole nitrogens is 1. The average Bonchev–Trinajstić information content (AvgIpc) is 3.07. The second kappa shape index (κ2) is 6.00. The second-order valence-corrected chi connectivity index (χ2v) is 5.91. The van der Waals surface area contributed by atoms with Gasteiger partial charge in [0, 0.05) is 12.6 Å². The average molecular weight is 316 g/mol. The number of fused-ring (bicyclic) bond motifs is 1. The van der Waals surface area contributed by atoms with Crippen molar-refractivity contribution in [3.05, 3.63) is 29.6 Å². The minimum Gasteiger partial charge on any atom is -0.468 e. The molecule has 0 saturated carbocycles. The van der Waals surface area contributed by atoms with Crippen LogP contribution in [0.4, 0.5) is 0 Å². The van der Waals surface area contributed by atoms with E-state index in [9.17, 15) is 9.59 Å². The largest absolute Gasteiger partial charge is 0.468 e. The molecule has 2 heterocycles. The summed E-state index contributed by atoms with van der Waals surface area (Å²) in [6, 6.07) is 5.07. The highest BCUT2D eigenvalue weighted by atomic mass is 16.5. The lowest BCUT2D eigenvalue weighted by Gasteiger charge is -2.15. The third-order valence-corrected chi connectivity index (χ3v) is 4.23. The van der Waals surface area contributed by atoms with E-state index in [1.807, 2.05) is 31.0 Å². The first-order valence-electron chi connectivity index (χ1n) is 7.54. The predicted molar refractivity (Wildman–Crippen MR) is 85.1 cm³/mol. The minimum atomic E-state index is -0.311. The zero-order valence-electron chi connectivity index (χ0n) is 13.4. The van der Waals surface area contributed by atoms with E-state index in [0.29, 0.717) is 24.0 Å². The number of hydrogen-bond acceptors (Lipinski definition) is 5. The minimum absolute atomic E-state index is 0.0908. The lowest BCUT2D eigenvalue weighted by atomic mass is 10.1. The van der Waals surface area contributed by atoms with E-state index < -0.39 is 0 Å². The molecule has 1 saturated heterocycles. The first kappa shape index (κ1) is 15.5. The van der Waals surface area contributed by atoms with Gasteiger partial charge in [-0.05, 0) is 32.5 Å². The summed E-state index contributed by atoms with van der Waals surface area (Å²) in [5, 5.41) is 2.99. The van der Waals surface area contributed by atoms with Crippen LogP contribution in [0.25, 0.3) is 11.0 Å². The Bertz CT molecular complexity index is 755. The number of benzene rings is 1. The molecule has 3 rings (SSSR count). The van der Waals surface area contributed by atoms with Crippen molar-refractivity contribution in [1.29, 1.82) is 0 Å². The molecular weight excluding hydrogens is 296 g/mol. The lowest BCUT2D eigenvalue weighted by molar-refractivity contribution is -0.145. The quantitative estimate of drug-likeness (QED) is 0.820. The molecule has 2 N–H and O–H groups in total. The van der Waals surface area contributed by atoms with Crippen molar-refractivity contribution in [2.75, 3.05) is 20.7 Å². The summed E-state index contributed by atoms with van der Waals surface area (Å²) in [6.45, 7) is 2.47. The van der Waals surface area contributed by atoms with E-state index >= 15 is 0 Å². The van der Waals surface area contributed by atoms with Crippen LogP contribution in [0.15, 0.2) is 18.2 Å². The molecule has 0 aliphatic carbocycles. The molecule has 1 aromatic carbocycles. The molecule has 2 aromatic rings. The number of para-hydroxylation sites is 1. The highest BCUT2D eigenvalue weighted by molar-refractivity contribution is 6.05. The number of carbonyl (C=O) groups is 2. The zero-order valence-corrected chi connectivity index (χ0v) is 13.4. The van der Waals surface area contributed by atoms with E-state index in [2.05, 4.69) is 15.3 Å². The predicted octanol–water partition coefficient (Wildman–Crippen LogP) is 0.847. The Morgan fingerprint density at radius 2 is 2.22 bits per heavy atom. The van der Waals surface area contributed by atoms with Crippen molar-refractivity contribution in [3.8, 4) is 0 Å². The molecule has 2 atom stereocenters. The number of likely N-dealkylation sites (N-methyl/N-ethyl adjacent to an activating group) is 1. The summed E-state index contributed by atoms with van der Waals surface area (Å²) in [6.07, 6.45) is 0.546. The molecule has 0 bridgehead atoms. The molecule has 0 spiro atoms. The SMILES string of the molecule is COC(=O)[C@@H]1C[C@H](NC(=O)c2cccc3[nH]c(C)nc23)CN1C. The van der Waals surface area contributed by atoms with Gasteiger partial charge in [-0.25, -0.2) is 4.98 Å². The van der Waals surface area contributed by atoms with Crippen LogP contribution < -0.4 is 5.32 Å². The van der Waals surface area contributed by atoms with Crippen molar-refractivity contribution >= 4 is 22.9 Å². The molecule has 1 fully saturated rings. The van der Waals surface area contributed by atoms with Gasteiger partial charge in [0.15, 0.2) is 0 Å². The van der Waals surface area contributed by atoms with Gasteiger partial charge in [0.1, 0.15) is 17.4 Å². The first-order valence-corrected chi connectivity index (χ1v) is 7.54. The van der Waals surface area contributed by atoms with Crippen LogP contribution in [0.3, 0.4) is 0 Å². The first-order chi connectivity index (χ1) is 11.0. The van der Waals surface area contributed by atoms with Gasteiger partial charge < -0.3 is 15.0 Å². The molecule has 0 radical (unpaired) electrons. The summed E-state index contributed by atoms with van der Waals surface area (Å²) < 4.78 is 4.80. The molecule has 1 aromatic heterocycles. The molecule has 1 amide bonds. The zero-order chi connectivity index (χ0) is 16.6. The molecule has 0 unspecified atom stereocenters. The van der Waals surface area contributed by atoms with Crippen LogP contribution in [0.5, 0.6) is 0 Å². The number of ether oxygens (including phenoxy) is 1. The van der Waals surface area contributed by atoms with Gasteiger partial charge in [0.2, 0.25) is 0 Å². The molecule has 23 heavy (non-hydrogen) atoms. The van der Waals surface area contributed by atoms with E-state index in [1.165, 1.54) is 7.11 Å². The Labute approximate surface area is 134 Å². The second-order valence-electron chi connectivity index (χ2n) is 5.91. The molecule has 7 nitrogen and oxygen atoms in total. The number of nitrogens with one attached hydrogen (secondary N) is 2. The molecular formula is C16H20N4O3. The van der Waals surface area contributed by atoms with Crippen LogP contribution in [-0.2, 0) is 9.53 Å². The van der Waals surface area contributed by atoms with Crippen molar-refractivity contribution in [1.82, 2.24) is 20.2 Å². The molecule has 1 aliphatic rings. The maximum atomic E-state index is 12.6. The summed E-state index contributed by atoms with van der Waals surface area (Å²) in [4.78, 5) is 33.7. The summed E-state index contributed by atoms with van der Waals surface area (Å²) in [5.74, 6) is 0.326. The Kier molecular flexibility index (Phi) is 4.04. The number of likely N-dealkylation sites (tertiary alicyclic amines) is 1. The number of nitrogens with zero attached hydrogens (tertiary/aromatic N) is 2. The molecule has 7 heteroatoms. The van der Waals surface area contributed by atoms with Gasteiger partial charge in [-0.1, -0.05) is 6.07 Å². The normalized spacial score (nSPS) is 21.5. The van der Waals surface area contributed by atoms with Gasteiger partial charge in [0.25, 0.3) is 5.91 Å². The summed E-state index contributed by atoms with van der Waals surface area (Å²) >= 11 is 0. The number of imidazole rings is 1. The van der Waals surface area contributed by atoms with Gasteiger partial charge in [0.05, 0.1) is 18.2 Å². The Morgan fingerprint density at radius 3 is 2.96 bits per heavy atom. The van der Waals surface area contributed by atoms with E-state index in [-0.39, 0.29) is 24.0 Å². The summed E-state index contributed by atoms with van der Waals surface area (Å²) in [5.41, 5.74) is 2.04. The Hall–Kier alpha value is -2.41. The van der Waals surface area contributed by atoms with E-state index in [1.54, 1.807) is 6.07 Å². The van der Waals surface area contributed by atoms with Gasteiger partial charge in [-0.3, -0.25) is 14.5 Å².